The molecule has 3 heteroatoms. The van der Waals surface area contributed by atoms with Crippen LogP contribution in [0.25, 0.3) is 0 Å². The van der Waals surface area contributed by atoms with E-state index in [1.807, 2.05) is 0 Å². The van der Waals surface area contributed by atoms with Crippen molar-refractivity contribution < 1.29 is 6.22 Å². The third-order valence-electron chi connectivity index (χ3n) is 9.05. The standard InChI is InChI=1S/C25H32N2O.H2/c1-17(28)26-23-8-9-24(22-5-3-2-4-20(22)23)10-12-27(13-11-24)16-18-14-25-15-19(25)6-7-21(18)25;/h2-7,18-19,21,23H,8-16H2,1H3,(H,26,28);1H/t18-,19-,21+,23-,25?;/m0./s1. The van der Waals surface area contributed by atoms with Gasteiger partial charge >= 0.3 is 0 Å². The molecule has 2 saturated carbocycles. The average molecular weight is 379 g/mol. The van der Waals surface area contributed by atoms with Crippen LogP contribution in [0.1, 0.15) is 64.0 Å². The number of benzene rings is 1. The molecule has 6 rings (SSSR count). The van der Waals surface area contributed by atoms with Crippen LogP contribution in [0.5, 0.6) is 0 Å². The molecule has 5 atom stereocenters. The van der Waals surface area contributed by atoms with E-state index in [0.29, 0.717) is 5.41 Å². The third-order valence-corrected chi connectivity index (χ3v) is 9.05. The fourth-order valence-electron chi connectivity index (χ4n) is 7.47. The lowest BCUT2D eigenvalue weighted by molar-refractivity contribution is -0.119. The highest BCUT2D eigenvalue weighted by molar-refractivity contribution is 5.73. The van der Waals surface area contributed by atoms with Crippen LogP contribution < -0.4 is 5.32 Å². The quantitative estimate of drug-likeness (QED) is 0.788. The predicted molar refractivity (Wildman–Crippen MR) is 113 cm³/mol. The van der Waals surface area contributed by atoms with Crippen molar-refractivity contribution in [1.82, 2.24) is 10.2 Å². The molecule has 1 aromatic rings. The second-order valence-corrected chi connectivity index (χ2v) is 10.4. The van der Waals surface area contributed by atoms with Crippen molar-refractivity contribution in [2.75, 3.05) is 19.6 Å². The number of hydrogen-bond donors (Lipinski definition) is 1. The number of likely N-dealkylation sites (tertiary alicyclic amines) is 1. The van der Waals surface area contributed by atoms with Gasteiger partial charge in [0.15, 0.2) is 0 Å². The first-order chi connectivity index (χ1) is 13.6. The molecule has 1 aliphatic heterocycles. The van der Waals surface area contributed by atoms with Crippen LogP contribution in [-0.4, -0.2) is 30.4 Å². The van der Waals surface area contributed by atoms with E-state index in [1.165, 1.54) is 62.9 Å². The Hall–Kier alpha value is -1.61. The highest BCUT2D eigenvalue weighted by atomic mass is 16.1. The summed E-state index contributed by atoms with van der Waals surface area (Å²) in [5.41, 5.74) is 3.97. The van der Waals surface area contributed by atoms with E-state index < -0.39 is 0 Å². The SMILES string of the molecule is CC(=O)N[C@H]1CCC2(CCN(C[C@@H]3CC45C[C@@H]4C=C[C@H]35)CC2)c2ccccc21.[HH]. The topological polar surface area (TPSA) is 32.3 Å². The lowest BCUT2D eigenvalue weighted by atomic mass is 9.61. The fourth-order valence-corrected chi connectivity index (χ4v) is 7.47. The Morgan fingerprint density at radius 2 is 2.00 bits per heavy atom. The van der Waals surface area contributed by atoms with Gasteiger partial charge in [-0.3, -0.25) is 4.79 Å². The molecule has 1 unspecified atom stereocenters. The van der Waals surface area contributed by atoms with Gasteiger partial charge in [0.05, 0.1) is 6.04 Å². The van der Waals surface area contributed by atoms with Crippen molar-refractivity contribution in [2.24, 2.45) is 23.2 Å². The highest BCUT2D eigenvalue weighted by Crippen LogP contribution is 2.75. The van der Waals surface area contributed by atoms with Crippen LogP contribution in [0.15, 0.2) is 36.4 Å². The molecular weight excluding hydrogens is 344 g/mol. The Bertz CT molecular complexity index is 843. The maximum atomic E-state index is 11.7. The van der Waals surface area contributed by atoms with Gasteiger partial charge in [-0.1, -0.05) is 36.4 Å². The monoisotopic (exact) mass is 378 g/mol. The molecule has 5 aliphatic rings. The molecule has 0 aromatic heterocycles. The number of nitrogens with one attached hydrogen (secondary N) is 1. The normalized spacial score (nSPS) is 39.6. The maximum Gasteiger partial charge on any atom is 0.217 e. The summed E-state index contributed by atoms with van der Waals surface area (Å²) in [5, 5.41) is 3.18. The minimum absolute atomic E-state index is 0. The number of carbonyl (C=O) groups is 1. The van der Waals surface area contributed by atoms with Crippen LogP contribution in [0.2, 0.25) is 0 Å². The molecule has 0 radical (unpaired) electrons. The van der Waals surface area contributed by atoms with Gasteiger partial charge in [0.25, 0.3) is 0 Å². The summed E-state index contributed by atoms with van der Waals surface area (Å²) in [7, 11) is 0. The van der Waals surface area contributed by atoms with Crippen molar-refractivity contribution in [1.29, 1.82) is 0 Å². The number of allylic oxidation sites excluding steroid dienone is 2. The van der Waals surface area contributed by atoms with Crippen molar-refractivity contribution in [2.45, 2.75) is 56.9 Å². The molecule has 1 aromatic carbocycles. The number of carbonyl (C=O) groups excluding carboxylic acids is 1. The minimum Gasteiger partial charge on any atom is -0.350 e. The molecule has 1 N–H and O–H groups in total. The molecule has 28 heavy (non-hydrogen) atoms. The van der Waals surface area contributed by atoms with E-state index >= 15 is 0 Å². The Morgan fingerprint density at radius 1 is 1.18 bits per heavy atom. The molecule has 150 valence electrons. The summed E-state index contributed by atoms with van der Waals surface area (Å²) < 4.78 is 0. The highest BCUT2D eigenvalue weighted by Gasteiger charge is 2.68. The minimum atomic E-state index is 0. The Balaban J connectivity index is 0.00000181. The first-order valence-electron chi connectivity index (χ1n) is 11.4. The Morgan fingerprint density at radius 3 is 2.75 bits per heavy atom. The van der Waals surface area contributed by atoms with E-state index in [0.717, 1.165) is 29.6 Å². The van der Waals surface area contributed by atoms with Gasteiger partial charge in [-0.15, -0.1) is 0 Å². The van der Waals surface area contributed by atoms with Gasteiger partial charge in [0, 0.05) is 14.9 Å². The number of rotatable bonds is 3. The Labute approximate surface area is 170 Å². The first-order valence-corrected chi connectivity index (χ1v) is 11.4. The van der Waals surface area contributed by atoms with E-state index in [1.54, 1.807) is 6.92 Å². The maximum absolute atomic E-state index is 11.7. The summed E-state index contributed by atoms with van der Waals surface area (Å²) in [6, 6.07) is 9.11. The molecule has 2 spiro atoms. The van der Waals surface area contributed by atoms with Gasteiger partial charge < -0.3 is 10.2 Å². The number of piperidine rings is 1. The van der Waals surface area contributed by atoms with Crippen LogP contribution in [0, 0.1) is 23.2 Å². The van der Waals surface area contributed by atoms with E-state index in [-0.39, 0.29) is 13.4 Å². The smallest absolute Gasteiger partial charge is 0.217 e. The summed E-state index contributed by atoms with van der Waals surface area (Å²) in [6.07, 6.45) is 12.9. The third kappa shape index (κ3) is 2.41. The Kier molecular flexibility index (Phi) is 3.67. The first kappa shape index (κ1) is 17.3. The van der Waals surface area contributed by atoms with Gasteiger partial charge in [-0.25, -0.2) is 0 Å². The molecular formula is C25H34N2O. The molecule has 0 bridgehead atoms. The molecule has 1 amide bonds. The van der Waals surface area contributed by atoms with Gasteiger partial charge in [-0.2, -0.15) is 0 Å². The molecule has 3 fully saturated rings. The molecule has 3 nitrogen and oxygen atoms in total. The zero-order chi connectivity index (χ0) is 18.9. The van der Waals surface area contributed by atoms with Crippen molar-refractivity contribution in [3.8, 4) is 0 Å². The zero-order valence-electron chi connectivity index (χ0n) is 17.0. The summed E-state index contributed by atoms with van der Waals surface area (Å²) in [4.78, 5) is 14.4. The van der Waals surface area contributed by atoms with Crippen LogP contribution in [-0.2, 0) is 10.2 Å². The zero-order valence-corrected chi connectivity index (χ0v) is 17.0. The molecule has 4 aliphatic carbocycles. The second-order valence-electron chi connectivity index (χ2n) is 10.4. The van der Waals surface area contributed by atoms with E-state index in [9.17, 15) is 4.79 Å². The predicted octanol–water partition coefficient (Wildman–Crippen LogP) is 4.45. The van der Waals surface area contributed by atoms with Crippen LogP contribution in [0.3, 0.4) is 0 Å². The van der Waals surface area contributed by atoms with Crippen molar-refractivity contribution in [3.63, 3.8) is 0 Å². The largest absolute Gasteiger partial charge is 0.350 e. The number of nitrogens with zero attached hydrogens (tertiary/aromatic N) is 1. The summed E-state index contributed by atoms with van der Waals surface area (Å²) in [5.74, 6) is 2.86. The van der Waals surface area contributed by atoms with Gasteiger partial charge in [0.1, 0.15) is 0 Å². The summed E-state index contributed by atoms with van der Waals surface area (Å²) >= 11 is 0. The lowest BCUT2D eigenvalue weighted by Gasteiger charge is -2.50. The fraction of sp³-hybridized carbons (Fsp3) is 0.640. The van der Waals surface area contributed by atoms with Crippen molar-refractivity contribution >= 4 is 5.91 Å². The van der Waals surface area contributed by atoms with Crippen LogP contribution >= 0.6 is 0 Å². The number of fused-ring (bicyclic) bond motifs is 2. The average Bonchev–Trinajstić information content (AvgIpc) is 3.34. The van der Waals surface area contributed by atoms with Crippen molar-refractivity contribution in [3.05, 3.63) is 47.5 Å². The van der Waals surface area contributed by atoms with Gasteiger partial charge in [-0.05, 0) is 91.3 Å². The van der Waals surface area contributed by atoms with E-state index in [2.05, 4.69) is 46.6 Å². The van der Waals surface area contributed by atoms with Crippen LogP contribution in [0.4, 0.5) is 0 Å². The molecule has 1 heterocycles. The second kappa shape index (κ2) is 5.95. The number of hydrogen-bond acceptors (Lipinski definition) is 2. The van der Waals surface area contributed by atoms with Gasteiger partial charge in [0.2, 0.25) is 5.91 Å². The van der Waals surface area contributed by atoms with E-state index in [4.69, 9.17) is 0 Å². The number of amides is 1. The molecule has 1 saturated heterocycles. The summed E-state index contributed by atoms with van der Waals surface area (Å²) in [6.45, 7) is 5.43. The lowest BCUT2D eigenvalue weighted by Crippen LogP contribution is -2.50.